The van der Waals surface area contributed by atoms with E-state index in [2.05, 4.69) is 0 Å². The van der Waals surface area contributed by atoms with Crippen LogP contribution in [-0.4, -0.2) is 13.1 Å². The molecule has 0 aromatic heterocycles. The Hall–Kier alpha value is -0.530. The molecule has 2 nitrogen and oxygen atoms in total. The van der Waals surface area contributed by atoms with Gasteiger partial charge in [-0.25, -0.2) is 0 Å². The summed E-state index contributed by atoms with van der Waals surface area (Å²) < 4.78 is 4.69. The molecule has 0 aromatic carbocycles. The summed E-state index contributed by atoms with van der Waals surface area (Å²) in [5.74, 6) is 7.96. The minimum absolute atomic E-state index is 0.0453. The molecule has 0 spiro atoms. The maximum absolute atomic E-state index is 11.1. The highest BCUT2D eigenvalue weighted by atomic mass is 16.5. The second-order valence-electron chi connectivity index (χ2n) is 8.24. The molecule has 4 rings (SSSR count). The molecule has 0 bridgehead atoms. The monoisotopic (exact) mass is 290 g/mol. The standard InChI is InChI=1S/C19H30O2/c1-21-17(20)6-4-2-3-5-12-7-8-15-16(11-12)19-14-10-9-13(14)18(15)19/h12-16,18-19H,2-11H2,1H3/t12-,13-,14+,15+,16-,18-,19+/m0/s1. The third-order valence-electron chi connectivity index (χ3n) is 7.59. The molecule has 0 heterocycles. The molecule has 118 valence electrons. The molecule has 0 amide bonds. The van der Waals surface area contributed by atoms with Crippen molar-refractivity contribution in [2.75, 3.05) is 7.11 Å². The van der Waals surface area contributed by atoms with Crippen LogP contribution in [0.2, 0.25) is 0 Å². The normalized spacial score (nSPS) is 46.0. The van der Waals surface area contributed by atoms with Crippen LogP contribution in [0.5, 0.6) is 0 Å². The Balaban J connectivity index is 1.15. The largest absolute Gasteiger partial charge is 0.469 e. The van der Waals surface area contributed by atoms with E-state index in [0.717, 1.165) is 24.2 Å². The van der Waals surface area contributed by atoms with Crippen LogP contribution in [0.4, 0.5) is 0 Å². The summed E-state index contributed by atoms with van der Waals surface area (Å²) in [7, 11) is 1.49. The minimum atomic E-state index is -0.0453. The van der Waals surface area contributed by atoms with Crippen molar-refractivity contribution in [3.05, 3.63) is 0 Å². The minimum Gasteiger partial charge on any atom is -0.469 e. The first kappa shape index (κ1) is 14.1. The predicted molar refractivity (Wildman–Crippen MR) is 82.6 cm³/mol. The van der Waals surface area contributed by atoms with Crippen molar-refractivity contribution in [3.63, 3.8) is 0 Å². The molecule has 4 saturated carbocycles. The number of fused-ring (bicyclic) bond motifs is 7. The fraction of sp³-hybridized carbons (Fsp3) is 0.947. The molecule has 0 aromatic rings. The van der Waals surface area contributed by atoms with Crippen LogP contribution in [-0.2, 0) is 9.53 Å². The maximum atomic E-state index is 11.1. The Morgan fingerprint density at radius 2 is 1.57 bits per heavy atom. The lowest BCUT2D eigenvalue weighted by atomic mass is 9.30. The fourth-order valence-corrected chi connectivity index (χ4v) is 6.48. The second kappa shape index (κ2) is 5.59. The maximum Gasteiger partial charge on any atom is 0.305 e. The van der Waals surface area contributed by atoms with Gasteiger partial charge >= 0.3 is 5.97 Å². The van der Waals surface area contributed by atoms with Crippen LogP contribution in [0.3, 0.4) is 0 Å². The van der Waals surface area contributed by atoms with Crippen molar-refractivity contribution < 1.29 is 9.53 Å². The van der Waals surface area contributed by atoms with E-state index in [1.807, 2.05) is 0 Å². The van der Waals surface area contributed by atoms with Gasteiger partial charge in [-0.05, 0) is 73.5 Å². The van der Waals surface area contributed by atoms with Gasteiger partial charge in [0, 0.05) is 6.42 Å². The van der Waals surface area contributed by atoms with E-state index in [-0.39, 0.29) is 5.97 Å². The van der Waals surface area contributed by atoms with Crippen molar-refractivity contribution in [1.82, 2.24) is 0 Å². The molecule has 21 heavy (non-hydrogen) atoms. The molecular formula is C19H30O2. The first-order valence-corrected chi connectivity index (χ1v) is 9.36. The number of carbonyl (C=O) groups excluding carboxylic acids is 1. The van der Waals surface area contributed by atoms with Crippen molar-refractivity contribution in [1.29, 1.82) is 0 Å². The summed E-state index contributed by atoms with van der Waals surface area (Å²) in [6.45, 7) is 0. The number of hydrogen-bond donors (Lipinski definition) is 0. The van der Waals surface area contributed by atoms with Gasteiger partial charge in [-0.2, -0.15) is 0 Å². The van der Waals surface area contributed by atoms with Crippen molar-refractivity contribution in [3.8, 4) is 0 Å². The van der Waals surface area contributed by atoms with E-state index < -0.39 is 0 Å². The summed E-state index contributed by atoms with van der Waals surface area (Å²) in [6, 6.07) is 0. The van der Waals surface area contributed by atoms with Gasteiger partial charge in [0.05, 0.1) is 7.11 Å². The van der Waals surface area contributed by atoms with Gasteiger partial charge in [-0.1, -0.05) is 25.7 Å². The van der Waals surface area contributed by atoms with Crippen LogP contribution < -0.4 is 0 Å². The van der Waals surface area contributed by atoms with Gasteiger partial charge in [0.25, 0.3) is 0 Å². The Labute approximate surface area is 129 Å². The zero-order valence-corrected chi connectivity index (χ0v) is 13.4. The lowest BCUT2D eigenvalue weighted by molar-refractivity contribution is -0.264. The van der Waals surface area contributed by atoms with E-state index in [9.17, 15) is 4.79 Å². The van der Waals surface area contributed by atoms with E-state index >= 15 is 0 Å². The topological polar surface area (TPSA) is 26.3 Å². The fourth-order valence-electron chi connectivity index (χ4n) is 6.48. The molecule has 4 aliphatic rings. The highest BCUT2D eigenvalue weighted by molar-refractivity contribution is 5.68. The molecule has 0 saturated heterocycles. The SMILES string of the molecule is COC(=O)CCCCC[C@H]1CC[C@@H]2[C@H](C1)[C@H]1[C@@H]3CC[C@@H]3[C@@H]21. The Kier molecular flexibility index (Phi) is 3.75. The molecule has 4 fully saturated rings. The zero-order valence-electron chi connectivity index (χ0n) is 13.4. The molecular weight excluding hydrogens is 260 g/mol. The van der Waals surface area contributed by atoms with Gasteiger partial charge in [-0.3, -0.25) is 4.79 Å². The smallest absolute Gasteiger partial charge is 0.305 e. The molecule has 0 N–H and O–H groups in total. The van der Waals surface area contributed by atoms with Crippen molar-refractivity contribution in [2.24, 2.45) is 41.4 Å². The summed E-state index contributed by atoms with van der Waals surface area (Å²) in [6.07, 6.45) is 13.3. The average Bonchev–Trinajstić information content (AvgIpc) is 2.48. The molecule has 0 unspecified atom stereocenters. The molecule has 0 aliphatic heterocycles. The highest BCUT2D eigenvalue weighted by Gasteiger charge is 2.68. The van der Waals surface area contributed by atoms with Crippen molar-refractivity contribution in [2.45, 2.75) is 64.2 Å². The number of ether oxygens (including phenoxy) is 1. The summed E-state index contributed by atoms with van der Waals surface area (Å²) in [4.78, 5) is 11.1. The van der Waals surface area contributed by atoms with E-state index in [4.69, 9.17) is 4.74 Å². The van der Waals surface area contributed by atoms with Crippen LogP contribution in [0.25, 0.3) is 0 Å². The predicted octanol–water partition coefficient (Wildman–Crippen LogP) is 4.43. The number of carbonyl (C=O) groups is 1. The van der Waals surface area contributed by atoms with E-state index in [1.165, 1.54) is 56.5 Å². The lowest BCUT2D eigenvalue weighted by Gasteiger charge is -2.74. The summed E-state index contributed by atoms with van der Waals surface area (Å²) in [5, 5.41) is 0. The van der Waals surface area contributed by atoms with Gasteiger partial charge in [0.2, 0.25) is 0 Å². The van der Waals surface area contributed by atoms with Gasteiger partial charge in [0.1, 0.15) is 0 Å². The molecule has 4 aliphatic carbocycles. The van der Waals surface area contributed by atoms with Gasteiger partial charge < -0.3 is 4.74 Å². The highest BCUT2D eigenvalue weighted by Crippen LogP contribution is 2.74. The zero-order chi connectivity index (χ0) is 14.4. The third kappa shape index (κ3) is 2.24. The molecule has 2 heteroatoms. The number of esters is 1. The Bertz CT molecular complexity index is 398. The Morgan fingerprint density at radius 1 is 0.905 bits per heavy atom. The van der Waals surface area contributed by atoms with Crippen LogP contribution in [0.1, 0.15) is 64.2 Å². The number of rotatable bonds is 6. The van der Waals surface area contributed by atoms with E-state index in [1.54, 1.807) is 25.7 Å². The summed E-state index contributed by atoms with van der Waals surface area (Å²) >= 11 is 0. The molecule has 0 radical (unpaired) electrons. The summed E-state index contributed by atoms with van der Waals surface area (Å²) in [5.41, 5.74) is 0. The van der Waals surface area contributed by atoms with Crippen molar-refractivity contribution >= 4 is 5.97 Å². The van der Waals surface area contributed by atoms with E-state index in [0.29, 0.717) is 6.42 Å². The molecule has 7 atom stereocenters. The second-order valence-corrected chi connectivity index (χ2v) is 8.24. The lowest BCUT2D eigenvalue weighted by Crippen LogP contribution is -2.69. The van der Waals surface area contributed by atoms with Crippen LogP contribution >= 0.6 is 0 Å². The van der Waals surface area contributed by atoms with Crippen LogP contribution in [0.15, 0.2) is 0 Å². The first-order chi connectivity index (χ1) is 10.3. The first-order valence-electron chi connectivity index (χ1n) is 9.36. The van der Waals surface area contributed by atoms with Crippen LogP contribution in [0, 0.1) is 41.4 Å². The third-order valence-corrected chi connectivity index (χ3v) is 7.59. The number of hydrogen-bond acceptors (Lipinski definition) is 2. The average molecular weight is 290 g/mol. The quantitative estimate of drug-likeness (QED) is 0.534. The number of unbranched alkanes of at least 4 members (excludes halogenated alkanes) is 2. The van der Waals surface area contributed by atoms with Gasteiger partial charge in [-0.15, -0.1) is 0 Å². The Morgan fingerprint density at radius 3 is 2.29 bits per heavy atom. The number of methoxy groups -OCH3 is 1. The van der Waals surface area contributed by atoms with Gasteiger partial charge in [0.15, 0.2) is 0 Å².